The molecule has 1 heterocycles. The zero-order valence-electron chi connectivity index (χ0n) is 16.5. The molecule has 1 saturated carbocycles. The Hall–Kier alpha value is -2.30. The normalized spacial score (nSPS) is 26.1. The Morgan fingerprint density at radius 1 is 1.19 bits per heavy atom. The predicted molar refractivity (Wildman–Crippen MR) is 102 cm³/mol. The average Bonchev–Trinajstić information content (AvgIpc) is 3.13. The third kappa shape index (κ3) is 2.93. The highest BCUT2D eigenvalue weighted by molar-refractivity contribution is 6.25. The number of anilines is 1. The second kappa shape index (κ2) is 6.70. The number of imide groups is 1. The van der Waals surface area contributed by atoms with E-state index in [-0.39, 0.29) is 35.7 Å². The molecular weight excluding hydrogens is 342 g/mol. The summed E-state index contributed by atoms with van der Waals surface area (Å²) in [6, 6.07) is 7.36. The molecule has 5 nitrogen and oxygen atoms in total. The largest absolute Gasteiger partial charge is 0.299 e. The average molecular weight is 369 g/mol. The van der Waals surface area contributed by atoms with Crippen LogP contribution in [0.2, 0.25) is 0 Å². The molecule has 1 saturated heterocycles. The Labute approximate surface area is 160 Å². The monoisotopic (exact) mass is 369 g/mol. The summed E-state index contributed by atoms with van der Waals surface area (Å²) in [5.74, 6) is -1.99. The molecule has 3 rings (SSSR count). The highest BCUT2D eigenvalue weighted by Crippen LogP contribution is 2.49. The van der Waals surface area contributed by atoms with E-state index in [2.05, 4.69) is 0 Å². The number of nitrogens with zero attached hydrogens (tertiary/aromatic N) is 1. The van der Waals surface area contributed by atoms with Gasteiger partial charge in [0.2, 0.25) is 11.8 Å². The van der Waals surface area contributed by atoms with Crippen molar-refractivity contribution in [3.63, 3.8) is 0 Å². The maximum Gasteiger partial charge on any atom is 0.238 e. The Kier molecular flexibility index (Phi) is 4.83. The number of ketones is 2. The summed E-state index contributed by atoms with van der Waals surface area (Å²) in [6.45, 7) is 7.79. The van der Waals surface area contributed by atoms with Gasteiger partial charge >= 0.3 is 0 Å². The van der Waals surface area contributed by atoms with Gasteiger partial charge in [0.25, 0.3) is 0 Å². The van der Waals surface area contributed by atoms with Crippen LogP contribution in [-0.4, -0.2) is 23.4 Å². The van der Waals surface area contributed by atoms with Crippen LogP contribution in [-0.2, 0) is 24.6 Å². The van der Waals surface area contributed by atoms with Gasteiger partial charge in [-0.3, -0.25) is 19.2 Å². The van der Waals surface area contributed by atoms with Gasteiger partial charge in [-0.25, -0.2) is 4.90 Å². The number of para-hydroxylation sites is 1. The zero-order valence-corrected chi connectivity index (χ0v) is 16.5. The van der Waals surface area contributed by atoms with Gasteiger partial charge in [-0.15, -0.1) is 0 Å². The molecule has 0 bridgehead atoms. The minimum atomic E-state index is -1.31. The van der Waals surface area contributed by atoms with Crippen molar-refractivity contribution in [3.8, 4) is 0 Å². The molecule has 0 N–H and O–H groups in total. The first-order valence-electron chi connectivity index (χ1n) is 9.67. The molecule has 1 aliphatic carbocycles. The van der Waals surface area contributed by atoms with Crippen molar-refractivity contribution in [3.05, 3.63) is 29.8 Å². The summed E-state index contributed by atoms with van der Waals surface area (Å²) in [5, 5.41) is 0. The van der Waals surface area contributed by atoms with Crippen molar-refractivity contribution >= 4 is 29.1 Å². The number of hydrogen-bond acceptors (Lipinski definition) is 4. The topological polar surface area (TPSA) is 71.5 Å². The molecule has 1 aliphatic heterocycles. The van der Waals surface area contributed by atoms with Crippen molar-refractivity contribution in [1.82, 2.24) is 0 Å². The molecular formula is C22H27NO4. The lowest BCUT2D eigenvalue weighted by Gasteiger charge is -2.31. The molecule has 0 aromatic heterocycles. The zero-order chi connectivity index (χ0) is 20.0. The third-order valence-electron chi connectivity index (χ3n) is 5.99. The molecule has 1 aromatic carbocycles. The molecule has 2 amide bonds. The van der Waals surface area contributed by atoms with E-state index in [0.29, 0.717) is 24.9 Å². The molecule has 2 fully saturated rings. The second-order valence-electron chi connectivity index (χ2n) is 8.62. The minimum absolute atomic E-state index is 0.0746. The number of benzene rings is 1. The first-order chi connectivity index (χ1) is 12.6. The molecule has 0 unspecified atom stereocenters. The second-order valence-corrected chi connectivity index (χ2v) is 8.62. The van der Waals surface area contributed by atoms with Gasteiger partial charge in [-0.2, -0.15) is 0 Å². The van der Waals surface area contributed by atoms with E-state index in [0.717, 1.165) is 5.56 Å². The van der Waals surface area contributed by atoms with E-state index in [4.69, 9.17) is 0 Å². The van der Waals surface area contributed by atoms with Crippen LogP contribution < -0.4 is 4.90 Å². The molecule has 5 heteroatoms. The smallest absolute Gasteiger partial charge is 0.238 e. The van der Waals surface area contributed by atoms with Crippen molar-refractivity contribution < 1.29 is 19.2 Å². The van der Waals surface area contributed by atoms with Crippen LogP contribution in [0.1, 0.15) is 65.4 Å². The summed E-state index contributed by atoms with van der Waals surface area (Å²) in [6.07, 6.45) is 1.40. The van der Waals surface area contributed by atoms with E-state index >= 15 is 0 Å². The Morgan fingerprint density at radius 2 is 1.85 bits per heavy atom. The Balaban J connectivity index is 2.07. The third-order valence-corrected chi connectivity index (χ3v) is 5.99. The first kappa shape index (κ1) is 19.5. The first-order valence-corrected chi connectivity index (χ1v) is 9.67. The van der Waals surface area contributed by atoms with Crippen LogP contribution in [0.25, 0.3) is 0 Å². The molecule has 0 spiro atoms. The lowest BCUT2D eigenvalue weighted by atomic mass is 9.68. The number of carbonyl (C=O) groups is 4. The van der Waals surface area contributed by atoms with E-state index in [1.54, 1.807) is 19.1 Å². The van der Waals surface area contributed by atoms with E-state index in [1.165, 1.54) is 4.90 Å². The van der Waals surface area contributed by atoms with Crippen LogP contribution in [0.4, 0.5) is 5.69 Å². The molecule has 2 aliphatic rings. The van der Waals surface area contributed by atoms with Gasteiger partial charge in [0.1, 0.15) is 11.6 Å². The lowest BCUT2D eigenvalue weighted by molar-refractivity contribution is -0.146. The van der Waals surface area contributed by atoms with Crippen LogP contribution in [0, 0.1) is 11.3 Å². The fourth-order valence-corrected chi connectivity index (χ4v) is 4.64. The Bertz CT molecular complexity index is 820. The predicted octanol–water partition coefficient (Wildman–Crippen LogP) is 3.58. The quantitative estimate of drug-likeness (QED) is 0.601. The number of Topliss-reactive ketones (excluding diaryl/α,β-unsaturated/α-hetero) is 2. The maximum absolute atomic E-state index is 13.4. The summed E-state index contributed by atoms with van der Waals surface area (Å²) in [5.41, 5.74) is -0.115. The lowest BCUT2D eigenvalue weighted by Crippen LogP contribution is -2.46. The van der Waals surface area contributed by atoms with Crippen molar-refractivity contribution in [2.24, 2.45) is 11.3 Å². The molecule has 1 aromatic rings. The van der Waals surface area contributed by atoms with Crippen molar-refractivity contribution in [2.75, 3.05) is 4.90 Å². The van der Waals surface area contributed by atoms with E-state index < -0.39 is 17.2 Å². The van der Waals surface area contributed by atoms with Gasteiger partial charge in [0, 0.05) is 19.3 Å². The molecule has 144 valence electrons. The Morgan fingerprint density at radius 3 is 2.41 bits per heavy atom. The minimum Gasteiger partial charge on any atom is -0.299 e. The van der Waals surface area contributed by atoms with Gasteiger partial charge < -0.3 is 0 Å². The molecule has 27 heavy (non-hydrogen) atoms. The summed E-state index contributed by atoms with van der Waals surface area (Å²) in [4.78, 5) is 52.9. The van der Waals surface area contributed by atoms with Crippen LogP contribution in [0.5, 0.6) is 0 Å². The number of rotatable bonds is 4. The summed E-state index contributed by atoms with van der Waals surface area (Å²) in [7, 11) is 0. The van der Waals surface area contributed by atoms with Gasteiger partial charge in [-0.05, 0) is 29.9 Å². The van der Waals surface area contributed by atoms with Crippen LogP contribution in [0.15, 0.2) is 24.3 Å². The van der Waals surface area contributed by atoms with Crippen LogP contribution in [0.3, 0.4) is 0 Å². The number of amides is 2. The fraction of sp³-hybridized carbons (Fsp3) is 0.545. The van der Waals surface area contributed by atoms with Gasteiger partial charge in [0.05, 0.1) is 17.0 Å². The molecule has 2 atom stereocenters. The number of carbonyl (C=O) groups excluding carboxylic acids is 4. The van der Waals surface area contributed by atoms with E-state index in [9.17, 15) is 19.2 Å². The van der Waals surface area contributed by atoms with Crippen molar-refractivity contribution in [2.45, 2.75) is 65.2 Å². The standard InChI is InChI=1S/C22H27NO4/c1-5-17(24)22(12-8-11-18(22)25)15-13-19(26)23(20(15)27)16-10-7-6-9-14(16)21(2,3)4/h6-7,9-10,15H,5,8,11-13H2,1-4H3/t15-,22-/m0/s1. The highest BCUT2D eigenvalue weighted by atomic mass is 16.2. The van der Waals surface area contributed by atoms with Gasteiger partial charge in [0.15, 0.2) is 0 Å². The summed E-state index contributed by atoms with van der Waals surface area (Å²) < 4.78 is 0. The SMILES string of the molecule is CCC(=O)[C@@]1([C@H]2CC(=O)N(c3ccccc3C(C)(C)C)C2=O)CCCC1=O. The maximum atomic E-state index is 13.4. The fourth-order valence-electron chi connectivity index (χ4n) is 4.64. The van der Waals surface area contributed by atoms with Gasteiger partial charge in [-0.1, -0.05) is 45.9 Å². The number of hydrogen-bond donors (Lipinski definition) is 0. The van der Waals surface area contributed by atoms with Crippen molar-refractivity contribution in [1.29, 1.82) is 0 Å². The molecule has 0 radical (unpaired) electrons. The van der Waals surface area contributed by atoms with E-state index in [1.807, 2.05) is 32.9 Å². The summed E-state index contributed by atoms with van der Waals surface area (Å²) >= 11 is 0. The highest BCUT2D eigenvalue weighted by Gasteiger charge is 2.60. The van der Waals surface area contributed by atoms with Crippen LogP contribution >= 0.6 is 0 Å².